The van der Waals surface area contributed by atoms with Crippen molar-refractivity contribution >= 4 is 16.9 Å². The molecule has 134 valence electrons. The molecule has 4 rings (SSSR count). The number of aromatic nitrogens is 3. The number of para-hydroxylation sites is 2. The van der Waals surface area contributed by atoms with Crippen LogP contribution >= 0.6 is 0 Å². The van der Waals surface area contributed by atoms with E-state index in [9.17, 15) is 9.59 Å². The molecule has 4 aromatic rings. The molecule has 0 aliphatic carbocycles. The second kappa shape index (κ2) is 7.29. The van der Waals surface area contributed by atoms with E-state index in [0.29, 0.717) is 17.8 Å². The van der Waals surface area contributed by atoms with E-state index in [1.165, 1.54) is 18.3 Å². The van der Waals surface area contributed by atoms with Gasteiger partial charge in [0.05, 0.1) is 22.6 Å². The third kappa shape index (κ3) is 3.79. The molecule has 0 aliphatic heterocycles. The number of nitrogens with zero attached hydrogens (tertiary/aromatic N) is 1. The van der Waals surface area contributed by atoms with Crippen LogP contribution in [0.1, 0.15) is 27.8 Å². The van der Waals surface area contributed by atoms with Crippen LogP contribution in [-0.4, -0.2) is 20.9 Å². The van der Waals surface area contributed by atoms with Crippen molar-refractivity contribution in [2.24, 2.45) is 0 Å². The number of amides is 1. The molecule has 0 spiro atoms. The first-order valence-electron chi connectivity index (χ1n) is 8.67. The molecule has 1 atom stereocenters. The van der Waals surface area contributed by atoms with Gasteiger partial charge in [0.15, 0.2) is 0 Å². The predicted molar refractivity (Wildman–Crippen MR) is 104 cm³/mol. The minimum absolute atomic E-state index is 0.246. The maximum atomic E-state index is 12.7. The molecule has 0 radical (unpaired) electrons. The van der Waals surface area contributed by atoms with E-state index in [1.807, 2.05) is 54.6 Å². The van der Waals surface area contributed by atoms with Crippen molar-refractivity contribution in [3.8, 4) is 0 Å². The maximum absolute atomic E-state index is 12.7. The molecule has 1 amide bonds. The first-order chi connectivity index (χ1) is 13.2. The van der Waals surface area contributed by atoms with Gasteiger partial charge in [0, 0.05) is 12.3 Å². The summed E-state index contributed by atoms with van der Waals surface area (Å²) in [6, 6.07) is 20.2. The van der Waals surface area contributed by atoms with Crippen molar-refractivity contribution in [1.29, 1.82) is 0 Å². The van der Waals surface area contributed by atoms with Gasteiger partial charge in [0.2, 0.25) is 5.56 Å². The second-order valence-corrected chi connectivity index (χ2v) is 6.30. The fourth-order valence-electron chi connectivity index (χ4n) is 3.00. The van der Waals surface area contributed by atoms with E-state index in [0.717, 1.165) is 16.6 Å². The Morgan fingerprint density at radius 3 is 2.52 bits per heavy atom. The minimum atomic E-state index is -0.334. The maximum Gasteiger partial charge on any atom is 0.253 e. The number of rotatable bonds is 5. The first-order valence-corrected chi connectivity index (χ1v) is 8.67. The van der Waals surface area contributed by atoms with Crippen LogP contribution < -0.4 is 10.9 Å². The Hall–Kier alpha value is -3.67. The van der Waals surface area contributed by atoms with Crippen LogP contribution in [-0.2, 0) is 6.42 Å². The van der Waals surface area contributed by atoms with Crippen LogP contribution in [0.3, 0.4) is 0 Å². The SMILES string of the molecule is O=C(NC(Cc1ccccc1)c1nc2ccccc2[nH]1)c1ccc(=O)[nH]c1. The van der Waals surface area contributed by atoms with Gasteiger partial charge < -0.3 is 15.3 Å². The molecule has 0 bridgehead atoms. The van der Waals surface area contributed by atoms with Crippen LogP contribution in [0.4, 0.5) is 0 Å². The molecule has 0 saturated heterocycles. The van der Waals surface area contributed by atoms with Crippen LogP contribution in [0.25, 0.3) is 11.0 Å². The number of aromatic amines is 2. The summed E-state index contributed by atoms with van der Waals surface area (Å²) in [6.07, 6.45) is 2.01. The zero-order chi connectivity index (χ0) is 18.6. The van der Waals surface area contributed by atoms with E-state index < -0.39 is 0 Å². The van der Waals surface area contributed by atoms with Crippen LogP contribution in [0.15, 0.2) is 77.7 Å². The predicted octanol–water partition coefficient (Wildman–Crippen LogP) is 2.97. The number of H-pyrrole nitrogens is 2. The Morgan fingerprint density at radius 1 is 1.00 bits per heavy atom. The van der Waals surface area contributed by atoms with Crippen molar-refractivity contribution in [3.05, 3.63) is 100 Å². The second-order valence-electron chi connectivity index (χ2n) is 6.30. The van der Waals surface area contributed by atoms with Gasteiger partial charge in [-0.1, -0.05) is 42.5 Å². The molecule has 2 aromatic heterocycles. The molecule has 0 fully saturated rings. The van der Waals surface area contributed by atoms with E-state index in [2.05, 4.69) is 20.3 Å². The third-order valence-corrected chi connectivity index (χ3v) is 4.37. The van der Waals surface area contributed by atoms with E-state index in [1.54, 1.807) is 0 Å². The van der Waals surface area contributed by atoms with Crippen molar-refractivity contribution in [2.45, 2.75) is 12.5 Å². The van der Waals surface area contributed by atoms with Crippen LogP contribution in [0, 0.1) is 0 Å². The Bertz CT molecular complexity index is 1080. The molecule has 3 N–H and O–H groups in total. The molecule has 27 heavy (non-hydrogen) atoms. The molecular formula is C21H18N4O2. The monoisotopic (exact) mass is 358 g/mol. The quantitative estimate of drug-likeness (QED) is 0.512. The third-order valence-electron chi connectivity index (χ3n) is 4.37. The van der Waals surface area contributed by atoms with E-state index in [-0.39, 0.29) is 17.5 Å². The summed E-state index contributed by atoms with van der Waals surface area (Å²) in [4.78, 5) is 34.4. The lowest BCUT2D eigenvalue weighted by atomic mass is 10.0. The molecule has 1 unspecified atom stereocenters. The average Bonchev–Trinajstić information content (AvgIpc) is 3.13. The highest BCUT2D eigenvalue weighted by Crippen LogP contribution is 2.20. The van der Waals surface area contributed by atoms with Crippen molar-refractivity contribution in [3.63, 3.8) is 0 Å². The molecule has 2 aromatic carbocycles. The molecule has 6 nitrogen and oxygen atoms in total. The molecule has 0 aliphatic rings. The smallest absolute Gasteiger partial charge is 0.253 e. The highest BCUT2D eigenvalue weighted by atomic mass is 16.2. The lowest BCUT2D eigenvalue weighted by Crippen LogP contribution is -2.31. The normalized spacial score (nSPS) is 12.0. The Morgan fingerprint density at radius 2 is 1.78 bits per heavy atom. The number of carbonyl (C=O) groups is 1. The summed E-state index contributed by atoms with van der Waals surface area (Å²) in [7, 11) is 0. The van der Waals surface area contributed by atoms with Crippen LogP contribution in [0.5, 0.6) is 0 Å². The zero-order valence-electron chi connectivity index (χ0n) is 14.5. The van der Waals surface area contributed by atoms with Gasteiger partial charge in [0.1, 0.15) is 5.82 Å². The number of hydrogen-bond donors (Lipinski definition) is 3. The largest absolute Gasteiger partial charge is 0.342 e. The van der Waals surface area contributed by atoms with Crippen molar-refractivity contribution in [2.75, 3.05) is 0 Å². The van der Waals surface area contributed by atoms with Crippen molar-refractivity contribution in [1.82, 2.24) is 20.3 Å². The number of hydrogen-bond acceptors (Lipinski definition) is 3. The lowest BCUT2D eigenvalue weighted by molar-refractivity contribution is 0.0934. The fourth-order valence-corrected chi connectivity index (χ4v) is 3.00. The molecule has 6 heteroatoms. The summed E-state index contributed by atoms with van der Waals surface area (Å²) >= 11 is 0. The highest BCUT2D eigenvalue weighted by molar-refractivity contribution is 5.94. The molecular weight excluding hydrogens is 340 g/mol. The summed E-state index contributed by atoms with van der Waals surface area (Å²) in [5.41, 5.74) is 3.01. The molecule has 2 heterocycles. The number of pyridine rings is 1. The zero-order valence-corrected chi connectivity index (χ0v) is 14.5. The summed E-state index contributed by atoms with van der Waals surface area (Å²) in [5.74, 6) is 0.422. The Kier molecular flexibility index (Phi) is 4.53. The van der Waals surface area contributed by atoms with Crippen LogP contribution in [0.2, 0.25) is 0 Å². The van der Waals surface area contributed by atoms with Gasteiger partial charge in [-0.15, -0.1) is 0 Å². The number of carbonyl (C=O) groups excluding carboxylic acids is 1. The van der Waals surface area contributed by atoms with Gasteiger partial charge in [0.25, 0.3) is 5.91 Å². The Labute approximate surface area is 155 Å². The summed E-state index contributed by atoms with van der Waals surface area (Å²) in [6.45, 7) is 0. The van der Waals surface area contributed by atoms with Gasteiger partial charge in [-0.3, -0.25) is 9.59 Å². The number of fused-ring (bicyclic) bond motifs is 1. The number of imidazole rings is 1. The summed E-state index contributed by atoms with van der Waals surface area (Å²) in [5, 5.41) is 3.02. The fraction of sp³-hybridized carbons (Fsp3) is 0.0952. The van der Waals surface area contributed by atoms with E-state index >= 15 is 0 Å². The average molecular weight is 358 g/mol. The number of benzene rings is 2. The molecule has 0 saturated carbocycles. The van der Waals surface area contributed by atoms with E-state index in [4.69, 9.17) is 0 Å². The minimum Gasteiger partial charge on any atom is -0.342 e. The number of nitrogens with one attached hydrogen (secondary N) is 3. The van der Waals surface area contributed by atoms with Gasteiger partial charge in [-0.05, 0) is 30.2 Å². The Balaban J connectivity index is 1.65. The lowest BCUT2D eigenvalue weighted by Gasteiger charge is -2.17. The van der Waals surface area contributed by atoms with Gasteiger partial charge >= 0.3 is 0 Å². The first kappa shape index (κ1) is 16.8. The van der Waals surface area contributed by atoms with Gasteiger partial charge in [-0.2, -0.15) is 0 Å². The standard InChI is InChI=1S/C21H18N4O2/c26-19-11-10-15(13-22-19)21(27)25-18(12-14-6-2-1-3-7-14)20-23-16-8-4-5-9-17(16)24-20/h1-11,13,18H,12H2,(H,22,26)(H,23,24)(H,25,27). The summed E-state index contributed by atoms with van der Waals surface area (Å²) < 4.78 is 0. The van der Waals surface area contributed by atoms with Gasteiger partial charge in [-0.25, -0.2) is 4.98 Å². The highest BCUT2D eigenvalue weighted by Gasteiger charge is 2.20. The van der Waals surface area contributed by atoms with Crippen molar-refractivity contribution < 1.29 is 4.79 Å². The topological polar surface area (TPSA) is 90.6 Å².